The van der Waals surface area contributed by atoms with E-state index in [9.17, 15) is 5.11 Å². The van der Waals surface area contributed by atoms with Crippen LogP contribution in [0.3, 0.4) is 0 Å². The maximum absolute atomic E-state index is 9.45. The van der Waals surface area contributed by atoms with Crippen molar-refractivity contribution in [2.75, 3.05) is 49.2 Å². The number of hydrogen-bond donors (Lipinski definition) is 3. The number of nitrogens with two attached hydrogens (primary N) is 1. The number of hydrogen-bond acceptors (Lipinski definition) is 8. The van der Waals surface area contributed by atoms with Gasteiger partial charge >= 0.3 is 0 Å². The lowest BCUT2D eigenvalue weighted by Gasteiger charge is -2.41. The molecule has 24 heavy (non-hydrogen) atoms. The van der Waals surface area contributed by atoms with E-state index < -0.39 is 0 Å². The third-order valence-corrected chi connectivity index (χ3v) is 5.18. The molecule has 0 saturated carbocycles. The van der Waals surface area contributed by atoms with E-state index in [0.717, 1.165) is 44.2 Å². The molecule has 0 aliphatic carbocycles. The van der Waals surface area contributed by atoms with E-state index >= 15 is 0 Å². The highest BCUT2D eigenvalue weighted by Crippen LogP contribution is 2.24. The molecule has 7 nitrogen and oxygen atoms in total. The Hall–Kier alpha value is -1.90. The molecule has 130 valence electrons. The van der Waals surface area contributed by atoms with Gasteiger partial charge in [0.2, 0.25) is 5.95 Å². The van der Waals surface area contributed by atoms with Crippen LogP contribution < -0.4 is 16.0 Å². The maximum atomic E-state index is 9.45. The quantitative estimate of drug-likeness (QED) is 0.723. The largest absolute Gasteiger partial charge is 0.396 e. The molecular formula is C16H24N6OS. The van der Waals surface area contributed by atoms with Crippen LogP contribution in [0.5, 0.6) is 0 Å². The van der Waals surface area contributed by atoms with E-state index in [1.165, 1.54) is 4.88 Å². The van der Waals surface area contributed by atoms with Gasteiger partial charge in [0, 0.05) is 56.8 Å². The first-order valence-corrected chi connectivity index (χ1v) is 9.02. The van der Waals surface area contributed by atoms with Gasteiger partial charge < -0.3 is 21.1 Å². The third kappa shape index (κ3) is 3.95. The normalized spacial score (nSPS) is 18.8. The van der Waals surface area contributed by atoms with Crippen LogP contribution in [0, 0.1) is 0 Å². The molecule has 1 saturated heterocycles. The van der Waals surface area contributed by atoms with Crippen LogP contribution in [0.1, 0.15) is 11.3 Å². The molecule has 0 unspecified atom stereocenters. The number of nitrogens with zero attached hydrogens (tertiary/aromatic N) is 4. The van der Waals surface area contributed by atoms with Crippen molar-refractivity contribution in [3.8, 4) is 0 Å². The summed E-state index contributed by atoms with van der Waals surface area (Å²) in [4.78, 5) is 14.6. The van der Waals surface area contributed by atoms with Crippen LogP contribution in [-0.2, 0) is 6.54 Å². The lowest BCUT2D eigenvalue weighted by atomic mass is 10.1. The standard InChI is InChI=1S/C16H24N6OS/c1-18-14-9-15(20-16(17)19-14)22-6-5-21(12(10-22)4-7-23)11-13-3-2-8-24-13/h2-3,8-9,12,23H,4-7,10-11H2,1H3,(H3,17,18,19,20)/t12-/m0/s1. The highest BCUT2D eigenvalue weighted by atomic mass is 32.1. The summed E-state index contributed by atoms with van der Waals surface area (Å²) in [5, 5.41) is 14.6. The molecule has 1 aliphatic heterocycles. The van der Waals surface area contributed by atoms with Crippen LogP contribution in [0.25, 0.3) is 0 Å². The molecule has 3 heterocycles. The molecule has 8 heteroatoms. The van der Waals surface area contributed by atoms with Gasteiger partial charge in [0.15, 0.2) is 0 Å². The first-order chi connectivity index (χ1) is 11.7. The van der Waals surface area contributed by atoms with E-state index in [4.69, 9.17) is 5.73 Å². The molecule has 2 aromatic rings. The predicted molar refractivity (Wildman–Crippen MR) is 98.4 cm³/mol. The Morgan fingerprint density at radius 3 is 3.00 bits per heavy atom. The average molecular weight is 348 g/mol. The van der Waals surface area contributed by atoms with Crippen molar-refractivity contribution in [2.45, 2.75) is 19.0 Å². The van der Waals surface area contributed by atoms with E-state index in [0.29, 0.717) is 6.04 Å². The maximum Gasteiger partial charge on any atom is 0.223 e. The highest BCUT2D eigenvalue weighted by molar-refractivity contribution is 7.09. The van der Waals surface area contributed by atoms with Crippen molar-refractivity contribution in [1.82, 2.24) is 14.9 Å². The molecule has 0 radical (unpaired) electrons. The Balaban J connectivity index is 1.73. The van der Waals surface area contributed by atoms with Crippen molar-refractivity contribution in [3.05, 3.63) is 28.5 Å². The topological polar surface area (TPSA) is 90.5 Å². The predicted octanol–water partition coefficient (Wildman–Crippen LogP) is 1.24. The van der Waals surface area contributed by atoms with Crippen LogP contribution in [0.4, 0.5) is 17.6 Å². The first-order valence-electron chi connectivity index (χ1n) is 8.14. The van der Waals surface area contributed by atoms with Crippen molar-refractivity contribution in [1.29, 1.82) is 0 Å². The number of piperazine rings is 1. The Morgan fingerprint density at radius 2 is 2.29 bits per heavy atom. The molecule has 1 fully saturated rings. The summed E-state index contributed by atoms with van der Waals surface area (Å²) < 4.78 is 0. The summed E-state index contributed by atoms with van der Waals surface area (Å²) in [5.74, 6) is 1.83. The minimum absolute atomic E-state index is 0.188. The fourth-order valence-corrected chi connectivity index (χ4v) is 3.81. The summed E-state index contributed by atoms with van der Waals surface area (Å²) in [6.07, 6.45) is 0.751. The second-order valence-corrected chi connectivity index (χ2v) is 6.91. The molecule has 0 aromatic carbocycles. The second kappa shape index (κ2) is 7.78. The Bertz CT molecular complexity index is 650. The van der Waals surface area contributed by atoms with Crippen LogP contribution in [-0.4, -0.2) is 59.3 Å². The van der Waals surface area contributed by atoms with Gasteiger partial charge in [0.05, 0.1) is 0 Å². The van der Waals surface area contributed by atoms with Crippen LogP contribution >= 0.6 is 11.3 Å². The number of nitrogen functional groups attached to an aromatic ring is 1. The molecule has 0 bridgehead atoms. The number of aromatic nitrogens is 2. The Labute approximate surface area is 146 Å². The van der Waals surface area contributed by atoms with Crippen molar-refractivity contribution in [2.24, 2.45) is 0 Å². The Morgan fingerprint density at radius 1 is 1.42 bits per heavy atom. The Kier molecular flexibility index (Phi) is 5.49. The SMILES string of the molecule is CNc1cc(N2CCN(Cc3cccs3)[C@@H](CCO)C2)nc(N)n1. The lowest BCUT2D eigenvalue weighted by Crippen LogP contribution is -2.53. The molecule has 0 amide bonds. The van der Waals surface area contributed by atoms with E-state index in [-0.39, 0.29) is 12.6 Å². The zero-order chi connectivity index (χ0) is 16.9. The molecule has 1 aliphatic rings. The smallest absolute Gasteiger partial charge is 0.223 e. The number of aliphatic hydroxyl groups is 1. The van der Waals surface area contributed by atoms with Gasteiger partial charge in [0.25, 0.3) is 0 Å². The number of anilines is 3. The van der Waals surface area contributed by atoms with E-state index in [1.54, 1.807) is 11.3 Å². The van der Waals surface area contributed by atoms with Gasteiger partial charge in [-0.15, -0.1) is 11.3 Å². The summed E-state index contributed by atoms with van der Waals surface area (Å²) in [5.41, 5.74) is 5.81. The van der Waals surface area contributed by atoms with Gasteiger partial charge in [0.1, 0.15) is 11.6 Å². The number of thiophene rings is 1. The lowest BCUT2D eigenvalue weighted by molar-refractivity contribution is 0.136. The average Bonchev–Trinajstić information content (AvgIpc) is 3.09. The number of aliphatic hydroxyl groups excluding tert-OH is 1. The zero-order valence-electron chi connectivity index (χ0n) is 13.9. The highest BCUT2D eigenvalue weighted by Gasteiger charge is 2.28. The number of rotatable bonds is 6. The van der Waals surface area contributed by atoms with Gasteiger partial charge in [-0.2, -0.15) is 9.97 Å². The molecule has 1 atom stereocenters. The molecule has 4 N–H and O–H groups in total. The summed E-state index contributed by atoms with van der Waals surface area (Å²) in [7, 11) is 1.82. The summed E-state index contributed by atoms with van der Waals surface area (Å²) in [6, 6.07) is 6.46. The molecular weight excluding hydrogens is 324 g/mol. The minimum Gasteiger partial charge on any atom is -0.396 e. The monoisotopic (exact) mass is 348 g/mol. The fourth-order valence-electron chi connectivity index (χ4n) is 3.08. The fraction of sp³-hybridized carbons (Fsp3) is 0.500. The van der Waals surface area contributed by atoms with Gasteiger partial charge in [-0.05, 0) is 17.9 Å². The van der Waals surface area contributed by atoms with Gasteiger partial charge in [-0.25, -0.2) is 0 Å². The molecule has 0 spiro atoms. The van der Waals surface area contributed by atoms with Gasteiger partial charge in [-0.1, -0.05) is 6.07 Å². The second-order valence-electron chi connectivity index (χ2n) is 5.88. The summed E-state index contributed by atoms with van der Waals surface area (Å²) in [6.45, 7) is 3.76. The van der Waals surface area contributed by atoms with Crippen molar-refractivity contribution in [3.63, 3.8) is 0 Å². The van der Waals surface area contributed by atoms with Gasteiger partial charge in [-0.3, -0.25) is 4.90 Å². The van der Waals surface area contributed by atoms with Crippen molar-refractivity contribution >= 4 is 28.9 Å². The van der Waals surface area contributed by atoms with E-state index in [2.05, 4.69) is 42.6 Å². The zero-order valence-corrected chi connectivity index (χ0v) is 14.7. The van der Waals surface area contributed by atoms with Crippen LogP contribution in [0.15, 0.2) is 23.6 Å². The first kappa shape index (κ1) is 16.9. The third-order valence-electron chi connectivity index (χ3n) is 4.32. The minimum atomic E-state index is 0.188. The van der Waals surface area contributed by atoms with Crippen molar-refractivity contribution < 1.29 is 5.11 Å². The van der Waals surface area contributed by atoms with Crippen LogP contribution in [0.2, 0.25) is 0 Å². The molecule has 3 rings (SSSR count). The summed E-state index contributed by atoms with van der Waals surface area (Å²) >= 11 is 1.78. The molecule has 2 aromatic heterocycles. The number of nitrogens with one attached hydrogen (secondary N) is 1. The van der Waals surface area contributed by atoms with E-state index in [1.807, 2.05) is 13.1 Å².